The van der Waals surface area contributed by atoms with E-state index in [0.29, 0.717) is 18.2 Å². The van der Waals surface area contributed by atoms with Crippen LogP contribution in [0.3, 0.4) is 0 Å². The zero-order valence-electron chi connectivity index (χ0n) is 10.4. The Morgan fingerprint density at radius 3 is 2.78 bits per heavy atom. The van der Waals surface area contributed by atoms with Gasteiger partial charge in [-0.15, -0.1) is 0 Å². The summed E-state index contributed by atoms with van der Waals surface area (Å²) < 4.78 is 13.9. The van der Waals surface area contributed by atoms with Crippen molar-refractivity contribution in [2.24, 2.45) is 0 Å². The van der Waals surface area contributed by atoms with Crippen LogP contribution in [0.2, 0.25) is 5.02 Å². The Labute approximate surface area is 112 Å². The van der Waals surface area contributed by atoms with E-state index in [2.05, 4.69) is 4.90 Å². The van der Waals surface area contributed by atoms with Crippen molar-refractivity contribution in [1.82, 2.24) is 4.90 Å². The molecule has 1 aliphatic rings. The van der Waals surface area contributed by atoms with Crippen LogP contribution in [0.15, 0.2) is 18.2 Å². The molecule has 1 N–H and O–H groups in total. The molecule has 1 aromatic rings. The molecule has 0 aromatic heterocycles. The van der Waals surface area contributed by atoms with Crippen LogP contribution < -0.4 is 0 Å². The van der Waals surface area contributed by atoms with Crippen LogP contribution >= 0.6 is 11.6 Å². The monoisotopic (exact) mass is 271 g/mol. The molecule has 1 aliphatic carbocycles. The molecule has 0 aliphatic heterocycles. The van der Waals surface area contributed by atoms with Crippen LogP contribution in [-0.2, 0) is 6.54 Å². The molecule has 0 radical (unpaired) electrons. The molecule has 0 heterocycles. The van der Waals surface area contributed by atoms with E-state index in [1.54, 1.807) is 18.2 Å². The third-order valence-electron chi connectivity index (χ3n) is 3.60. The summed E-state index contributed by atoms with van der Waals surface area (Å²) in [5, 5.41) is 9.11. The van der Waals surface area contributed by atoms with Crippen molar-refractivity contribution in [2.45, 2.75) is 38.3 Å². The molecule has 0 unspecified atom stereocenters. The topological polar surface area (TPSA) is 23.5 Å². The van der Waals surface area contributed by atoms with Crippen molar-refractivity contribution in [3.63, 3.8) is 0 Å². The van der Waals surface area contributed by atoms with Gasteiger partial charge in [-0.25, -0.2) is 4.39 Å². The summed E-state index contributed by atoms with van der Waals surface area (Å²) in [7, 11) is 0. The number of benzene rings is 1. The van der Waals surface area contributed by atoms with Gasteiger partial charge in [0.2, 0.25) is 0 Å². The fourth-order valence-electron chi connectivity index (χ4n) is 2.31. The fourth-order valence-corrected chi connectivity index (χ4v) is 2.50. The number of aliphatic hydroxyl groups excluding tert-OH is 1. The van der Waals surface area contributed by atoms with Gasteiger partial charge in [-0.05, 0) is 25.3 Å². The summed E-state index contributed by atoms with van der Waals surface area (Å²) in [6.07, 6.45) is 4.33. The highest BCUT2D eigenvalue weighted by Crippen LogP contribution is 2.27. The van der Waals surface area contributed by atoms with Gasteiger partial charge in [-0.2, -0.15) is 0 Å². The van der Waals surface area contributed by atoms with Crippen molar-refractivity contribution in [3.8, 4) is 0 Å². The Hall–Kier alpha value is -0.640. The van der Waals surface area contributed by atoms with Crippen LogP contribution in [0.25, 0.3) is 0 Å². The minimum atomic E-state index is -0.313. The van der Waals surface area contributed by atoms with Crippen LogP contribution in [0.4, 0.5) is 4.39 Å². The second-order valence-electron chi connectivity index (χ2n) is 4.85. The number of hydrogen-bond acceptors (Lipinski definition) is 2. The molecule has 0 saturated heterocycles. The van der Waals surface area contributed by atoms with Crippen LogP contribution in [0.5, 0.6) is 0 Å². The first-order chi connectivity index (χ1) is 8.72. The number of aliphatic hydroxyl groups is 1. The Morgan fingerprint density at radius 2 is 2.17 bits per heavy atom. The minimum Gasteiger partial charge on any atom is -0.396 e. The van der Waals surface area contributed by atoms with E-state index in [1.807, 2.05) is 0 Å². The van der Waals surface area contributed by atoms with Crippen molar-refractivity contribution < 1.29 is 9.50 Å². The molecule has 1 aromatic carbocycles. The second-order valence-corrected chi connectivity index (χ2v) is 5.25. The van der Waals surface area contributed by atoms with Crippen molar-refractivity contribution >= 4 is 11.6 Å². The van der Waals surface area contributed by atoms with E-state index in [-0.39, 0.29) is 17.4 Å². The lowest BCUT2D eigenvalue weighted by molar-refractivity contribution is 0.108. The summed E-state index contributed by atoms with van der Waals surface area (Å²) in [5.41, 5.74) is 0.646. The SMILES string of the molecule is OCCCN(Cc1cccc(Cl)c1F)C1CCC1. The Morgan fingerprint density at radius 1 is 1.39 bits per heavy atom. The van der Waals surface area contributed by atoms with Gasteiger partial charge in [-0.3, -0.25) is 4.90 Å². The first-order valence-corrected chi connectivity index (χ1v) is 6.88. The lowest BCUT2D eigenvalue weighted by Gasteiger charge is -2.37. The molecule has 2 nitrogen and oxygen atoms in total. The normalized spacial score (nSPS) is 16.0. The zero-order valence-corrected chi connectivity index (χ0v) is 11.2. The second kappa shape index (κ2) is 6.50. The zero-order chi connectivity index (χ0) is 13.0. The molecule has 100 valence electrons. The van der Waals surface area contributed by atoms with Crippen molar-refractivity contribution in [1.29, 1.82) is 0 Å². The molecule has 4 heteroatoms. The van der Waals surface area contributed by atoms with Gasteiger partial charge in [0.05, 0.1) is 5.02 Å². The molecular formula is C14H19ClFNO. The molecule has 2 rings (SSSR count). The summed E-state index contributed by atoms with van der Waals surface area (Å²) >= 11 is 5.80. The number of rotatable bonds is 6. The maximum Gasteiger partial charge on any atom is 0.146 e. The summed E-state index contributed by atoms with van der Waals surface area (Å²) in [6, 6.07) is 5.68. The Bertz CT molecular complexity index is 395. The van der Waals surface area contributed by atoms with Crippen molar-refractivity contribution in [2.75, 3.05) is 13.2 Å². The maximum atomic E-state index is 13.9. The third-order valence-corrected chi connectivity index (χ3v) is 3.89. The van der Waals surface area contributed by atoms with Gasteiger partial charge in [-0.1, -0.05) is 30.2 Å². The smallest absolute Gasteiger partial charge is 0.146 e. The molecule has 1 saturated carbocycles. The number of nitrogens with zero attached hydrogens (tertiary/aromatic N) is 1. The largest absolute Gasteiger partial charge is 0.396 e. The number of halogens is 2. The van der Waals surface area contributed by atoms with Gasteiger partial charge < -0.3 is 5.11 Å². The van der Waals surface area contributed by atoms with E-state index < -0.39 is 0 Å². The highest BCUT2D eigenvalue weighted by Gasteiger charge is 2.25. The van der Waals surface area contributed by atoms with Gasteiger partial charge in [0, 0.05) is 31.3 Å². The lowest BCUT2D eigenvalue weighted by Crippen LogP contribution is -2.40. The van der Waals surface area contributed by atoms with Gasteiger partial charge in [0.25, 0.3) is 0 Å². The van der Waals surface area contributed by atoms with E-state index in [4.69, 9.17) is 16.7 Å². The van der Waals surface area contributed by atoms with E-state index in [1.165, 1.54) is 19.3 Å². The van der Waals surface area contributed by atoms with Crippen LogP contribution in [0.1, 0.15) is 31.2 Å². The van der Waals surface area contributed by atoms with E-state index in [0.717, 1.165) is 13.0 Å². The fraction of sp³-hybridized carbons (Fsp3) is 0.571. The Kier molecular flexibility index (Phi) is 4.98. The van der Waals surface area contributed by atoms with Crippen LogP contribution in [-0.4, -0.2) is 29.2 Å². The van der Waals surface area contributed by atoms with E-state index in [9.17, 15) is 4.39 Å². The number of hydrogen-bond donors (Lipinski definition) is 1. The molecule has 0 bridgehead atoms. The third kappa shape index (κ3) is 3.22. The van der Waals surface area contributed by atoms with Gasteiger partial charge in [0.15, 0.2) is 0 Å². The maximum absolute atomic E-state index is 13.9. The summed E-state index contributed by atoms with van der Waals surface area (Å²) in [4.78, 5) is 2.26. The van der Waals surface area contributed by atoms with Gasteiger partial charge >= 0.3 is 0 Å². The first kappa shape index (κ1) is 13.8. The highest BCUT2D eigenvalue weighted by molar-refractivity contribution is 6.30. The minimum absolute atomic E-state index is 0.182. The predicted octanol–water partition coefficient (Wildman–Crippen LogP) is 3.22. The summed E-state index contributed by atoms with van der Waals surface area (Å²) in [5.74, 6) is -0.313. The molecule has 1 fully saturated rings. The average molecular weight is 272 g/mol. The predicted molar refractivity (Wildman–Crippen MR) is 71.2 cm³/mol. The molecular weight excluding hydrogens is 253 g/mol. The highest BCUT2D eigenvalue weighted by atomic mass is 35.5. The molecule has 18 heavy (non-hydrogen) atoms. The standard InChI is InChI=1S/C14H19ClFNO/c15-13-7-1-4-11(14(13)16)10-17(8-3-9-18)12-5-2-6-12/h1,4,7,12,18H,2-3,5-6,8-10H2. The summed E-state index contributed by atoms with van der Waals surface area (Å²) in [6.45, 7) is 1.57. The molecule has 0 amide bonds. The average Bonchev–Trinajstić information content (AvgIpc) is 2.29. The van der Waals surface area contributed by atoms with Gasteiger partial charge in [0.1, 0.15) is 5.82 Å². The van der Waals surface area contributed by atoms with Crippen LogP contribution in [0, 0.1) is 5.82 Å². The molecule has 0 spiro atoms. The quantitative estimate of drug-likeness (QED) is 0.859. The Balaban J connectivity index is 2.04. The van der Waals surface area contributed by atoms with Crippen molar-refractivity contribution in [3.05, 3.63) is 34.6 Å². The first-order valence-electron chi connectivity index (χ1n) is 6.50. The lowest BCUT2D eigenvalue weighted by atomic mass is 9.91. The molecule has 0 atom stereocenters. The van der Waals surface area contributed by atoms with E-state index >= 15 is 0 Å².